The molecule has 1 heterocycles. The summed E-state index contributed by atoms with van der Waals surface area (Å²) in [5.41, 5.74) is 0.978. The Kier molecular flexibility index (Phi) is 4.39. The molecule has 2 rings (SSSR count). The SMILES string of the molecule is CS(=O)(=O)CCS(=O)CC(=O)c1coc2ccccc12. The van der Waals surface area contributed by atoms with Gasteiger partial charge in [0.2, 0.25) is 0 Å². The Morgan fingerprint density at radius 2 is 2.00 bits per heavy atom. The first-order valence-electron chi connectivity index (χ1n) is 5.89. The second-order valence-corrected chi connectivity index (χ2v) is 8.32. The molecule has 0 bridgehead atoms. The maximum Gasteiger partial charge on any atom is 0.179 e. The summed E-state index contributed by atoms with van der Waals surface area (Å²) >= 11 is 0. The van der Waals surface area contributed by atoms with Gasteiger partial charge in [-0.2, -0.15) is 0 Å². The number of furan rings is 1. The van der Waals surface area contributed by atoms with Gasteiger partial charge in [-0.3, -0.25) is 9.00 Å². The smallest absolute Gasteiger partial charge is 0.179 e. The van der Waals surface area contributed by atoms with Crippen LogP contribution in [-0.2, 0) is 20.6 Å². The third-order valence-electron chi connectivity index (χ3n) is 2.76. The van der Waals surface area contributed by atoms with Crippen LogP contribution in [-0.4, -0.2) is 41.9 Å². The van der Waals surface area contributed by atoms with Crippen LogP contribution in [0.1, 0.15) is 10.4 Å². The number of benzene rings is 1. The molecule has 1 aromatic carbocycles. The Hall–Kier alpha value is -1.47. The summed E-state index contributed by atoms with van der Waals surface area (Å²) in [6.07, 6.45) is 2.43. The van der Waals surface area contributed by atoms with E-state index in [-0.39, 0.29) is 23.0 Å². The fourth-order valence-electron chi connectivity index (χ4n) is 1.73. The molecule has 20 heavy (non-hydrogen) atoms. The van der Waals surface area contributed by atoms with Crippen molar-refractivity contribution in [2.45, 2.75) is 0 Å². The van der Waals surface area contributed by atoms with Gasteiger partial charge >= 0.3 is 0 Å². The predicted molar refractivity (Wildman–Crippen MR) is 78.1 cm³/mol. The number of carbonyl (C=O) groups excluding carboxylic acids is 1. The number of ketones is 1. The standard InChI is InChI=1S/C13H14O5S2/c1-20(16,17)7-6-19(15)9-12(14)11-8-18-13-5-3-2-4-10(11)13/h2-5,8H,6-7,9H2,1H3. The summed E-state index contributed by atoms with van der Waals surface area (Å²) in [6, 6.07) is 7.08. The minimum Gasteiger partial charge on any atom is -0.464 e. The molecule has 7 heteroatoms. The average molecular weight is 314 g/mol. The van der Waals surface area contributed by atoms with Crippen molar-refractivity contribution in [1.29, 1.82) is 0 Å². The number of fused-ring (bicyclic) bond motifs is 1. The summed E-state index contributed by atoms with van der Waals surface area (Å²) in [7, 11) is -4.66. The van der Waals surface area contributed by atoms with Crippen molar-refractivity contribution in [2.75, 3.05) is 23.5 Å². The lowest BCUT2D eigenvalue weighted by atomic mass is 10.1. The van der Waals surface area contributed by atoms with Crippen LogP contribution in [0.2, 0.25) is 0 Å². The first kappa shape index (κ1) is 14.9. The first-order valence-corrected chi connectivity index (χ1v) is 9.44. The van der Waals surface area contributed by atoms with Gasteiger partial charge in [0.25, 0.3) is 0 Å². The van der Waals surface area contributed by atoms with Gasteiger partial charge in [0.1, 0.15) is 21.7 Å². The Morgan fingerprint density at radius 3 is 2.70 bits per heavy atom. The molecule has 0 aliphatic carbocycles. The van der Waals surface area contributed by atoms with Gasteiger partial charge in [0.15, 0.2) is 5.78 Å². The fourth-order valence-corrected chi connectivity index (χ4v) is 4.28. The Morgan fingerprint density at radius 1 is 1.30 bits per heavy atom. The molecular formula is C13H14O5S2. The van der Waals surface area contributed by atoms with Gasteiger partial charge in [-0.15, -0.1) is 0 Å². The Bertz CT molecular complexity index is 758. The van der Waals surface area contributed by atoms with Crippen molar-refractivity contribution in [3.8, 4) is 0 Å². The van der Waals surface area contributed by atoms with Gasteiger partial charge in [-0.25, -0.2) is 8.42 Å². The summed E-state index contributed by atoms with van der Waals surface area (Å²) in [5, 5.41) is 0.678. The topological polar surface area (TPSA) is 81.4 Å². The van der Waals surface area contributed by atoms with E-state index in [1.54, 1.807) is 24.3 Å². The van der Waals surface area contributed by atoms with E-state index in [1.807, 2.05) is 0 Å². The summed E-state index contributed by atoms with van der Waals surface area (Å²) in [6.45, 7) is 0. The largest absolute Gasteiger partial charge is 0.464 e. The average Bonchev–Trinajstić information content (AvgIpc) is 2.79. The van der Waals surface area contributed by atoms with Crippen molar-refractivity contribution in [2.24, 2.45) is 0 Å². The number of Topliss-reactive ketones (excluding diaryl/α,β-unsaturated/α-hetero) is 1. The number of rotatable bonds is 6. The highest BCUT2D eigenvalue weighted by molar-refractivity contribution is 7.92. The Labute approximate surface area is 119 Å². The second-order valence-electron chi connectivity index (χ2n) is 4.49. The number of para-hydroxylation sites is 1. The van der Waals surface area contributed by atoms with Crippen molar-refractivity contribution in [1.82, 2.24) is 0 Å². The predicted octanol–water partition coefficient (Wildman–Crippen LogP) is 1.41. The lowest BCUT2D eigenvalue weighted by molar-refractivity contribution is 0.102. The third kappa shape index (κ3) is 3.77. The fraction of sp³-hybridized carbons (Fsp3) is 0.308. The highest BCUT2D eigenvalue weighted by Crippen LogP contribution is 2.21. The quantitative estimate of drug-likeness (QED) is 0.753. The minimum atomic E-state index is -3.17. The molecule has 1 unspecified atom stereocenters. The monoisotopic (exact) mass is 314 g/mol. The molecule has 0 N–H and O–H groups in total. The molecule has 0 radical (unpaired) electrons. The molecule has 1 aromatic heterocycles. The molecule has 0 spiro atoms. The van der Waals surface area contributed by atoms with Crippen LogP contribution >= 0.6 is 0 Å². The molecule has 0 amide bonds. The van der Waals surface area contributed by atoms with Crippen LogP contribution in [0, 0.1) is 0 Å². The number of sulfone groups is 1. The van der Waals surface area contributed by atoms with E-state index >= 15 is 0 Å². The van der Waals surface area contributed by atoms with Gasteiger partial charge in [0.05, 0.1) is 17.1 Å². The minimum absolute atomic E-state index is 0.0274. The maximum atomic E-state index is 12.1. The van der Waals surface area contributed by atoms with Crippen LogP contribution < -0.4 is 0 Å². The van der Waals surface area contributed by atoms with Crippen molar-refractivity contribution < 1.29 is 21.8 Å². The molecule has 0 saturated carbocycles. The van der Waals surface area contributed by atoms with E-state index in [9.17, 15) is 17.4 Å². The number of carbonyl (C=O) groups is 1. The van der Waals surface area contributed by atoms with E-state index in [4.69, 9.17) is 4.42 Å². The van der Waals surface area contributed by atoms with Gasteiger partial charge in [-0.05, 0) is 6.07 Å². The summed E-state index contributed by atoms with van der Waals surface area (Å²) < 4.78 is 39.0. The highest BCUT2D eigenvalue weighted by Gasteiger charge is 2.17. The molecule has 108 valence electrons. The zero-order chi connectivity index (χ0) is 14.8. The van der Waals surface area contributed by atoms with Crippen LogP contribution in [0.25, 0.3) is 11.0 Å². The van der Waals surface area contributed by atoms with Gasteiger partial charge in [-0.1, -0.05) is 18.2 Å². The van der Waals surface area contributed by atoms with E-state index in [0.29, 0.717) is 16.5 Å². The molecule has 0 saturated heterocycles. The lowest BCUT2D eigenvalue weighted by Crippen LogP contribution is -2.18. The van der Waals surface area contributed by atoms with E-state index in [2.05, 4.69) is 0 Å². The zero-order valence-electron chi connectivity index (χ0n) is 10.9. The maximum absolute atomic E-state index is 12.1. The van der Waals surface area contributed by atoms with Crippen molar-refractivity contribution in [3.05, 3.63) is 36.1 Å². The number of hydrogen-bond donors (Lipinski definition) is 0. The van der Waals surface area contributed by atoms with E-state index in [0.717, 1.165) is 6.26 Å². The third-order valence-corrected chi connectivity index (χ3v) is 5.20. The number of hydrogen-bond acceptors (Lipinski definition) is 5. The molecular weight excluding hydrogens is 300 g/mol. The van der Waals surface area contributed by atoms with Crippen LogP contribution in [0.5, 0.6) is 0 Å². The highest BCUT2D eigenvalue weighted by atomic mass is 32.2. The van der Waals surface area contributed by atoms with Gasteiger partial charge < -0.3 is 4.42 Å². The summed E-state index contributed by atoms with van der Waals surface area (Å²) in [4.78, 5) is 12.1. The molecule has 0 aliphatic rings. The lowest BCUT2D eigenvalue weighted by Gasteiger charge is -2.00. The zero-order valence-corrected chi connectivity index (χ0v) is 12.5. The first-order chi connectivity index (χ1) is 9.37. The van der Waals surface area contributed by atoms with Crippen molar-refractivity contribution in [3.63, 3.8) is 0 Å². The molecule has 5 nitrogen and oxygen atoms in total. The molecule has 2 aromatic rings. The second kappa shape index (κ2) is 5.88. The normalized spacial score (nSPS) is 13.4. The van der Waals surface area contributed by atoms with Crippen LogP contribution in [0.15, 0.2) is 34.9 Å². The van der Waals surface area contributed by atoms with Crippen molar-refractivity contribution >= 4 is 37.4 Å². The van der Waals surface area contributed by atoms with E-state index < -0.39 is 20.6 Å². The molecule has 0 aliphatic heterocycles. The molecule has 0 fully saturated rings. The van der Waals surface area contributed by atoms with Gasteiger partial charge in [0, 0.05) is 28.2 Å². The molecule has 1 atom stereocenters. The van der Waals surface area contributed by atoms with Crippen LogP contribution in [0.3, 0.4) is 0 Å². The van der Waals surface area contributed by atoms with E-state index in [1.165, 1.54) is 6.26 Å². The van der Waals surface area contributed by atoms with Crippen LogP contribution in [0.4, 0.5) is 0 Å². The summed E-state index contributed by atoms with van der Waals surface area (Å²) in [5.74, 6) is -0.708. The Balaban J connectivity index is 2.07.